The number of esters is 1. The maximum Gasteiger partial charge on any atom is 0.379 e. The lowest BCUT2D eigenvalue weighted by Crippen LogP contribution is -2.14. The summed E-state index contributed by atoms with van der Waals surface area (Å²) in [6, 6.07) is 0. The van der Waals surface area contributed by atoms with Gasteiger partial charge in [-0.2, -0.15) is 0 Å². The first kappa shape index (κ1) is 10.6. The predicted molar refractivity (Wildman–Crippen MR) is 45.6 cm³/mol. The quantitative estimate of drug-likeness (QED) is 0.274. The van der Waals surface area contributed by atoms with Gasteiger partial charge in [0.1, 0.15) is 0 Å². The Balaban J connectivity index is 3.95. The predicted octanol–water partition coefficient (Wildman–Crippen LogP) is 1.25. The van der Waals surface area contributed by atoms with Crippen molar-refractivity contribution in [2.75, 3.05) is 6.61 Å². The molecule has 0 aliphatic heterocycles. The molecule has 0 aromatic rings. The molecule has 0 fully saturated rings. The van der Waals surface area contributed by atoms with Gasteiger partial charge in [0, 0.05) is 0 Å². The molecule has 3 nitrogen and oxygen atoms in total. The summed E-state index contributed by atoms with van der Waals surface area (Å²) in [5.74, 6) is -1.44. The van der Waals surface area contributed by atoms with Crippen LogP contribution >= 0.6 is 0 Å². The maximum absolute atomic E-state index is 10.8. The molecule has 0 aromatic heterocycles. The Bertz CT molecular complexity index is 214. The van der Waals surface area contributed by atoms with Crippen LogP contribution in [0.2, 0.25) is 0 Å². The van der Waals surface area contributed by atoms with Crippen LogP contribution in [0.1, 0.15) is 13.8 Å². The van der Waals surface area contributed by atoms with Crippen LogP contribution in [0.15, 0.2) is 24.3 Å². The van der Waals surface area contributed by atoms with Crippen molar-refractivity contribution < 1.29 is 14.3 Å². The molecule has 0 atom stereocenters. The van der Waals surface area contributed by atoms with Gasteiger partial charge >= 0.3 is 5.97 Å². The molecular formula is C9H12O3. The van der Waals surface area contributed by atoms with E-state index in [9.17, 15) is 9.59 Å². The molecule has 0 radical (unpaired) electrons. The molecule has 0 rings (SSSR count). The number of carbonyl (C=O) groups excluding carboxylic acids is 2. The Morgan fingerprint density at radius 3 is 2.50 bits per heavy atom. The highest BCUT2D eigenvalue weighted by atomic mass is 16.5. The summed E-state index contributed by atoms with van der Waals surface area (Å²) in [5.41, 5.74) is 0. The molecule has 66 valence electrons. The Morgan fingerprint density at radius 1 is 1.33 bits per heavy atom. The van der Waals surface area contributed by atoms with E-state index in [1.165, 1.54) is 12.2 Å². The molecule has 0 amide bonds. The van der Waals surface area contributed by atoms with Crippen LogP contribution in [0, 0.1) is 0 Å². The van der Waals surface area contributed by atoms with E-state index in [4.69, 9.17) is 0 Å². The first-order valence-electron chi connectivity index (χ1n) is 3.72. The molecule has 3 heteroatoms. The van der Waals surface area contributed by atoms with E-state index in [0.717, 1.165) is 0 Å². The van der Waals surface area contributed by atoms with Gasteiger partial charge in [0.15, 0.2) is 0 Å². The Morgan fingerprint density at radius 2 is 2.00 bits per heavy atom. The molecule has 0 unspecified atom stereocenters. The zero-order valence-corrected chi connectivity index (χ0v) is 7.24. The first-order valence-corrected chi connectivity index (χ1v) is 3.72. The van der Waals surface area contributed by atoms with Crippen LogP contribution in [0.5, 0.6) is 0 Å². The maximum atomic E-state index is 10.8. The van der Waals surface area contributed by atoms with Gasteiger partial charge in [0.2, 0.25) is 0 Å². The number of hydrogen-bond acceptors (Lipinski definition) is 3. The zero-order valence-electron chi connectivity index (χ0n) is 7.24. The van der Waals surface area contributed by atoms with Crippen molar-refractivity contribution in [1.82, 2.24) is 0 Å². The van der Waals surface area contributed by atoms with Gasteiger partial charge in [-0.05, 0) is 19.9 Å². The monoisotopic (exact) mass is 168 g/mol. The topological polar surface area (TPSA) is 43.4 Å². The lowest BCUT2D eigenvalue weighted by atomic mass is 10.3. The van der Waals surface area contributed by atoms with E-state index in [-0.39, 0.29) is 6.61 Å². The summed E-state index contributed by atoms with van der Waals surface area (Å²) in [7, 11) is 0. The third kappa shape index (κ3) is 4.44. The van der Waals surface area contributed by atoms with Crippen LogP contribution in [0.3, 0.4) is 0 Å². The fraction of sp³-hybridized carbons (Fsp3) is 0.333. The number of rotatable bonds is 4. The SMILES string of the molecule is C/C=C/C=C/C(=O)C(=O)OCC. The molecule has 0 aromatic carbocycles. The average Bonchev–Trinajstić information content (AvgIpc) is 2.05. The fourth-order valence-corrected chi connectivity index (χ4v) is 0.524. The fourth-order valence-electron chi connectivity index (χ4n) is 0.524. The second kappa shape index (κ2) is 6.34. The number of ketones is 1. The van der Waals surface area contributed by atoms with Crippen LogP contribution in [0.4, 0.5) is 0 Å². The molecule has 0 heterocycles. The number of ether oxygens (including phenoxy) is 1. The molecular weight excluding hydrogens is 156 g/mol. The highest BCUT2D eigenvalue weighted by molar-refractivity contribution is 6.38. The van der Waals surface area contributed by atoms with Crippen molar-refractivity contribution in [2.45, 2.75) is 13.8 Å². The minimum absolute atomic E-state index is 0.224. The molecule has 0 bridgehead atoms. The summed E-state index contributed by atoms with van der Waals surface area (Å²) < 4.78 is 4.47. The average molecular weight is 168 g/mol. The van der Waals surface area contributed by atoms with Gasteiger partial charge in [-0.25, -0.2) is 4.79 Å². The largest absolute Gasteiger partial charge is 0.460 e. The Labute approximate surface area is 71.7 Å². The Hall–Kier alpha value is -1.38. The third-order valence-electron chi connectivity index (χ3n) is 1.03. The second-order valence-corrected chi connectivity index (χ2v) is 1.97. The van der Waals surface area contributed by atoms with E-state index in [0.29, 0.717) is 0 Å². The Kier molecular flexibility index (Phi) is 5.61. The molecule has 0 spiro atoms. The van der Waals surface area contributed by atoms with Crippen molar-refractivity contribution in [2.24, 2.45) is 0 Å². The van der Waals surface area contributed by atoms with E-state index < -0.39 is 11.8 Å². The molecule has 0 saturated heterocycles. The van der Waals surface area contributed by atoms with Gasteiger partial charge in [0.05, 0.1) is 6.61 Å². The van der Waals surface area contributed by atoms with E-state index in [1.54, 1.807) is 19.1 Å². The number of carbonyl (C=O) groups is 2. The minimum atomic E-state index is -0.807. The molecule has 0 saturated carbocycles. The van der Waals surface area contributed by atoms with E-state index >= 15 is 0 Å². The van der Waals surface area contributed by atoms with Gasteiger partial charge in [-0.15, -0.1) is 0 Å². The number of hydrogen-bond donors (Lipinski definition) is 0. The van der Waals surface area contributed by atoms with E-state index in [2.05, 4.69) is 4.74 Å². The van der Waals surface area contributed by atoms with Crippen LogP contribution in [0.25, 0.3) is 0 Å². The van der Waals surface area contributed by atoms with Gasteiger partial charge in [-0.3, -0.25) is 4.79 Å². The highest BCUT2D eigenvalue weighted by Gasteiger charge is 2.09. The second-order valence-electron chi connectivity index (χ2n) is 1.97. The summed E-state index contributed by atoms with van der Waals surface area (Å²) in [4.78, 5) is 21.5. The third-order valence-corrected chi connectivity index (χ3v) is 1.03. The smallest absolute Gasteiger partial charge is 0.379 e. The van der Waals surface area contributed by atoms with Gasteiger partial charge < -0.3 is 4.74 Å². The van der Waals surface area contributed by atoms with E-state index in [1.807, 2.05) is 6.92 Å². The number of allylic oxidation sites excluding steroid dienone is 3. The summed E-state index contributed by atoms with van der Waals surface area (Å²) in [6.07, 6.45) is 6.10. The van der Waals surface area contributed by atoms with Crippen LogP contribution in [-0.2, 0) is 14.3 Å². The lowest BCUT2D eigenvalue weighted by molar-refractivity contribution is -0.151. The van der Waals surface area contributed by atoms with Crippen molar-refractivity contribution in [3.8, 4) is 0 Å². The summed E-state index contributed by atoms with van der Waals surface area (Å²) in [5, 5.41) is 0. The zero-order chi connectivity index (χ0) is 9.40. The summed E-state index contributed by atoms with van der Waals surface area (Å²) in [6.45, 7) is 3.70. The highest BCUT2D eigenvalue weighted by Crippen LogP contribution is 1.84. The molecule has 0 aliphatic rings. The van der Waals surface area contributed by atoms with Crippen molar-refractivity contribution >= 4 is 11.8 Å². The normalized spacial score (nSPS) is 10.8. The van der Waals surface area contributed by atoms with Gasteiger partial charge in [0.25, 0.3) is 5.78 Å². The summed E-state index contributed by atoms with van der Waals surface area (Å²) >= 11 is 0. The van der Waals surface area contributed by atoms with Crippen molar-refractivity contribution in [1.29, 1.82) is 0 Å². The van der Waals surface area contributed by atoms with Gasteiger partial charge in [-0.1, -0.05) is 18.2 Å². The van der Waals surface area contributed by atoms with Crippen LogP contribution < -0.4 is 0 Å². The standard InChI is InChI=1S/C9H12O3/c1-3-5-6-7-8(10)9(11)12-4-2/h3,5-7H,4H2,1-2H3/b5-3+,7-6+. The van der Waals surface area contributed by atoms with Crippen LogP contribution in [-0.4, -0.2) is 18.4 Å². The van der Waals surface area contributed by atoms with Crippen molar-refractivity contribution in [3.05, 3.63) is 24.3 Å². The minimum Gasteiger partial charge on any atom is -0.460 e. The lowest BCUT2D eigenvalue weighted by Gasteiger charge is -1.94. The molecule has 0 aliphatic carbocycles. The molecule has 0 N–H and O–H groups in total. The first-order chi connectivity index (χ1) is 5.72. The van der Waals surface area contributed by atoms with Crippen molar-refractivity contribution in [3.63, 3.8) is 0 Å². The molecule has 12 heavy (non-hydrogen) atoms.